The van der Waals surface area contributed by atoms with Gasteiger partial charge in [-0.3, -0.25) is 9.78 Å². The second-order valence-electron chi connectivity index (χ2n) is 4.69. The third-order valence-corrected chi connectivity index (χ3v) is 3.63. The number of rotatable bonds is 3. The number of ketones is 1. The highest BCUT2D eigenvalue weighted by atomic mass is 35.5. The lowest BCUT2D eigenvalue weighted by Crippen LogP contribution is -2.07. The molecule has 0 radical (unpaired) electrons. The van der Waals surface area contributed by atoms with E-state index in [9.17, 15) is 9.18 Å². The lowest BCUT2D eigenvalue weighted by Gasteiger charge is -2.07. The minimum Gasteiger partial charge on any atom is -0.294 e. The van der Waals surface area contributed by atoms with Gasteiger partial charge in [-0.2, -0.15) is 0 Å². The minimum absolute atomic E-state index is 0.0170. The molecule has 0 saturated carbocycles. The topological polar surface area (TPSA) is 30.0 Å². The quantitative estimate of drug-likeness (QED) is 0.669. The minimum atomic E-state index is -0.664. The van der Waals surface area contributed by atoms with Crippen molar-refractivity contribution >= 4 is 28.3 Å². The molecular weight excluding hydrogens is 289 g/mol. The first-order valence-corrected chi connectivity index (χ1v) is 6.84. The number of carbonyl (C=O) groups is 1. The smallest absolute Gasteiger partial charge is 0.170 e. The fraction of sp³-hybridized carbons (Fsp3) is 0.0588. The zero-order valence-electron chi connectivity index (χ0n) is 11.0. The largest absolute Gasteiger partial charge is 0.294 e. The van der Waals surface area contributed by atoms with Crippen LogP contribution in [0.5, 0.6) is 0 Å². The number of pyridine rings is 1. The second kappa shape index (κ2) is 5.62. The Labute approximate surface area is 126 Å². The van der Waals surface area contributed by atoms with Crippen LogP contribution in [0.3, 0.4) is 0 Å². The van der Waals surface area contributed by atoms with Gasteiger partial charge in [0.2, 0.25) is 0 Å². The van der Waals surface area contributed by atoms with E-state index in [4.69, 9.17) is 11.6 Å². The van der Waals surface area contributed by atoms with E-state index < -0.39 is 5.82 Å². The van der Waals surface area contributed by atoms with Crippen molar-refractivity contribution in [1.82, 2.24) is 4.98 Å². The molecule has 0 amide bonds. The summed E-state index contributed by atoms with van der Waals surface area (Å²) in [7, 11) is 0. The molecule has 1 aromatic heterocycles. The Morgan fingerprint density at radius 3 is 2.76 bits per heavy atom. The Morgan fingerprint density at radius 2 is 1.90 bits per heavy atom. The molecule has 1 heterocycles. The number of benzene rings is 2. The van der Waals surface area contributed by atoms with Crippen LogP contribution in [0, 0.1) is 5.82 Å². The number of fused-ring (bicyclic) bond motifs is 1. The van der Waals surface area contributed by atoms with Crippen molar-refractivity contribution in [3.63, 3.8) is 0 Å². The molecule has 0 fully saturated rings. The van der Waals surface area contributed by atoms with Gasteiger partial charge in [0.05, 0.1) is 16.1 Å². The van der Waals surface area contributed by atoms with E-state index in [0.717, 1.165) is 16.5 Å². The number of para-hydroxylation sites is 1. The van der Waals surface area contributed by atoms with Gasteiger partial charge < -0.3 is 0 Å². The third-order valence-electron chi connectivity index (χ3n) is 3.34. The number of Topliss-reactive ketones (excluding diaryl/α,β-unsaturated/α-hetero) is 1. The Balaban J connectivity index is 1.99. The summed E-state index contributed by atoms with van der Waals surface area (Å²) in [5.74, 6) is -0.964. The van der Waals surface area contributed by atoms with E-state index >= 15 is 0 Å². The summed E-state index contributed by atoms with van der Waals surface area (Å²) in [4.78, 5) is 16.6. The molecule has 0 atom stereocenters. The molecule has 4 heteroatoms. The number of halogens is 2. The molecule has 0 spiro atoms. The second-order valence-corrected chi connectivity index (χ2v) is 5.10. The van der Waals surface area contributed by atoms with E-state index in [-0.39, 0.29) is 22.8 Å². The number of hydrogen-bond donors (Lipinski definition) is 0. The SMILES string of the molecule is O=C(Cc1ccnc2ccccc12)c1cccc(Cl)c1F. The van der Waals surface area contributed by atoms with Crippen molar-refractivity contribution in [2.45, 2.75) is 6.42 Å². The fourth-order valence-electron chi connectivity index (χ4n) is 2.30. The highest BCUT2D eigenvalue weighted by molar-refractivity contribution is 6.31. The Hall–Kier alpha value is -2.26. The van der Waals surface area contributed by atoms with E-state index in [1.165, 1.54) is 12.1 Å². The lowest BCUT2D eigenvalue weighted by molar-refractivity contribution is 0.0989. The van der Waals surface area contributed by atoms with Crippen LogP contribution in [0.4, 0.5) is 4.39 Å². The van der Waals surface area contributed by atoms with Crippen molar-refractivity contribution in [2.24, 2.45) is 0 Å². The van der Waals surface area contributed by atoms with Gasteiger partial charge in [-0.15, -0.1) is 0 Å². The molecule has 3 aromatic rings. The van der Waals surface area contributed by atoms with Crippen LogP contribution in [0.25, 0.3) is 10.9 Å². The number of nitrogens with zero attached hydrogens (tertiary/aromatic N) is 1. The van der Waals surface area contributed by atoms with Crippen molar-refractivity contribution in [3.05, 3.63) is 76.7 Å². The lowest BCUT2D eigenvalue weighted by atomic mass is 10.00. The average Bonchev–Trinajstić information content (AvgIpc) is 2.50. The monoisotopic (exact) mass is 299 g/mol. The molecule has 2 aromatic carbocycles. The van der Waals surface area contributed by atoms with Crippen molar-refractivity contribution in [2.75, 3.05) is 0 Å². The molecular formula is C17H11ClFNO. The molecule has 0 aliphatic heterocycles. The summed E-state index contributed by atoms with van der Waals surface area (Å²) < 4.78 is 13.9. The molecule has 21 heavy (non-hydrogen) atoms. The first kappa shape index (κ1) is 13.7. The van der Waals surface area contributed by atoms with Gasteiger partial charge in [0.15, 0.2) is 11.6 Å². The summed E-state index contributed by atoms with van der Waals surface area (Å²) in [5.41, 5.74) is 1.66. The normalized spacial score (nSPS) is 10.8. The molecule has 0 saturated heterocycles. The van der Waals surface area contributed by atoms with Crippen molar-refractivity contribution < 1.29 is 9.18 Å². The van der Waals surface area contributed by atoms with Crippen LogP contribution >= 0.6 is 11.6 Å². The van der Waals surface area contributed by atoms with E-state index in [1.54, 1.807) is 18.3 Å². The van der Waals surface area contributed by atoms with Crippen LogP contribution in [0.15, 0.2) is 54.7 Å². The molecule has 0 aliphatic carbocycles. The summed E-state index contributed by atoms with van der Waals surface area (Å²) >= 11 is 5.72. The van der Waals surface area contributed by atoms with Gasteiger partial charge >= 0.3 is 0 Å². The summed E-state index contributed by atoms with van der Waals surface area (Å²) in [6, 6.07) is 13.8. The van der Waals surface area contributed by atoms with Gasteiger partial charge in [-0.25, -0.2) is 4.39 Å². The Kier molecular flexibility index (Phi) is 3.67. The van der Waals surface area contributed by atoms with E-state index in [1.807, 2.05) is 24.3 Å². The molecule has 0 bridgehead atoms. The average molecular weight is 300 g/mol. The van der Waals surface area contributed by atoms with Crippen molar-refractivity contribution in [3.8, 4) is 0 Å². The van der Waals surface area contributed by atoms with Gasteiger partial charge in [-0.1, -0.05) is 35.9 Å². The van der Waals surface area contributed by atoms with Crippen LogP contribution in [0.2, 0.25) is 5.02 Å². The maximum absolute atomic E-state index is 13.9. The molecule has 0 aliphatic rings. The van der Waals surface area contributed by atoms with E-state index in [0.29, 0.717) is 0 Å². The fourth-order valence-corrected chi connectivity index (χ4v) is 2.47. The molecule has 104 valence electrons. The van der Waals surface area contributed by atoms with Crippen LogP contribution in [-0.2, 0) is 6.42 Å². The van der Waals surface area contributed by atoms with Gasteiger partial charge in [0.1, 0.15) is 0 Å². The number of aromatic nitrogens is 1. The maximum Gasteiger partial charge on any atom is 0.170 e. The van der Waals surface area contributed by atoms with Gasteiger partial charge in [-0.05, 0) is 29.8 Å². The van der Waals surface area contributed by atoms with Crippen LogP contribution in [-0.4, -0.2) is 10.8 Å². The summed E-state index contributed by atoms with van der Waals surface area (Å²) in [5, 5.41) is 0.858. The van der Waals surface area contributed by atoms with Crippen molar-refractivity contribution in [1.29, 1.82) is 0 Å². The Morgan fingerprint density at radius 1 is 1.10 bits per heavy atom. The van der Waals surface area contributed by atoms with Crippen LogP contribution in [0.1, 0.15) is 15.9 Å². The highest BCUT2D eigenvalue weighted by Gasteiger charge is 2.15. The Bertz CT molecular complexity index is 827. The standard InChI is InChI=1S/C17H11ClFNO/c18-14-6-3-5-13(17(14)19)16(21)10-11-8-9-20-15-7-2-1-4-12(11)15/h1-9H,10H2. The molecule has 0 unspecified atom stereocenters. The zero-order valence-corrected chi connectivity index (χ0v) is 11.8. The predicted molar refractivity (Wildman–Crippen MR) is 81.2 cm³/mol. The molecule has 2 nitrogen and oxygen atoms in total. The summed E-state index contributed by atoms with van der Waals surface area (Å²) in [6.07, 6.45) is 1.76. The zero-order chi connectivity index (χ0) is 14.8. The number of carbonyl (C=O) groups excluding carboxylic acids is 1. The van der Waals surface area contributed by atoms with Gasteiger partial charge in [0.25, 0.3) is 0 Å². The molecule has 3 rings (SSSR count). The number of hydrogen-bond acceptors (Lipinski definition) is 2. The third kappa shape index (κ3) is 2.65. The van der Waals surface area contributed by atoms with Crippen LogP contribution < -0.4 is 0 Å². The molecule has 0 N–H and O–H groups in total. The highest BCUT2D eigenvalue weighted by Crippen LogP contribution is 2.22. The first-order chi connectivity index (χ1) is 10.2. The van der Waals surface area contributed by atoms with Gasteiger partial charge in [0, 0.05) is 18.0 Å². The van der Waals surface area contributed by atoms with E-state index in [2.05, 4.69) is 4.98 Å². The predicted octanol–water partition coefficient (Wildman–Crippen LogP) is 4.45. The maximum atomic E-state index is 13.9. The first-order valence-electron chi connectivity index (χ1n) is 6.46. The summed E-state index contributed by atoms with van der Waals surface area (Å²) in [6.45, 7) is 0.